The quantitative estimate of drug-likeness (QED) is 0.384. The molecule has 29 heavy (non-hydrogen) atoms. The minimum atomic E-state index is -0.355. The number of para-hydroxylation sites is 1. The highest BCUT2D eigenvalue weighted by Gasteiger charge is 2.30. The summed E-state index contributed by atoms with van der Waals surface area (Å²) in [6.45, 7) is 4.00. The third-order valence-corrected chi connectivity index (χ3v) is 4.87. The zero-order valence-electron chi connectivity index (χ0n) is 16.5. The van der Waals surface area contributed by atoms with E-state index in [2.05, 4.69) is 26.4 Å². The maximum Gasteiger partial charge on any atom is 0.258 e. The maximum absolute atomic E-state index is 12.4. The smallest absolute Gasteiger partial charge is 0.258 e. The Hall–Kier alpha value is -3.16. The van der Waals surface area contributed by atoms with E-state index in [0.717, 1.165) is 27.8 Å². The molecule has 0 aliphatic carbocycles. The fourth-order valence-corrected chi connectivity index (χ4v) is 3.44. The summed E-state index contributed by atoms with van der Waals surface area (Å²) in [5.74, 6) is 0.673. The van der Waals surface area contributed by atoms with Crippen LogP contribution in [0.5, 0.6) is 5.75 Å². The van der Waals surface area contributed by atoms with Gasteiger partial charge in [0.05, 0.1) is 12.3 Å². The van der Waals surface area contributed by atoms with E-state index in [1.807, 2.05) is 68.6 Å². The van der Waals surface area contributed by atoms with Gasteiger partial charge in [0.1, 0.15) is 11.8 Å². The lowest BCUT2D eigenvalue weighted by atomic mass is 10.0. The molecule has 1 aromatic heterocycles. The summed E-state index contributed by atoms with van der Waals surface area (Å²) in [5, 5.41) is 5.18. The number of ether oxygens (including phenoxy) is 1. The van der Waals surface area contributed by atoms with Crippen molar-refractivity contribution in [1.82, 2.24) is 21.3 Å². The number of hydrogen-bond donors (Lipinski definition) is 4. The first-order valence-electron chi connectivity index (χ1n) is 9.77. The van der Waals surface area contributed by atoms with Gasteiger partial charge in [-0.15, -0.1) is 0 Å². The molecule has 0 radical (unpaired) electrons. The highest BCUT2D eigenvalue weighted by atomic mass is 16.5. The number of hydrogen-bond acceptors (Lipinski definition) is 5. The van der Waals surface area contributed by atoms with Gasteiger partial charge in [-0.2, -0.15) is 5.10 Å². The van der Waals surface area contributed by atoms with E-state index < -0.39 is 0 Å². The molecule has 1 amide bonds. The van der Waals surface area contributed by atoms with Crippen LogP contribution in [0.15, 0.2) is 59.8 Å². The van der Waals surface area contributed by atoms with Crippen LogP contribution >= 0.6 is 0 Å². The molecule has 0 bridgehead atoms. The molecule has 3 aromatic rings. The molecule has 1 aliphatic rings. The summed E-state index contributed by atoms with van der Waals surface area (Å²) in [6.07, 6.45) is 4.31. The summed E-state index contributed by atoms with van der Waals surface area (Å²) in [6, 6.07) is 15.6. The number of rotatable bonds is 6. The fraction of sp³-hybridized carbons (Fsp3) is 0.273. The number of H-pyrrole nitrogens is 1. The van der Waals surface area contributed by atoms with Crippen LogP contribution in [0.25, 0.3) is 10.9 Å². The second-order valence-corrected chi connectivity index (χ2v) is 7.39. The molecule has 2 unspecified atom stereocenters. The Morgan fingerprint density at radius 1 is 1.17 bits per heavy atom. The SMILES string of the molecule is CC(C)Oc1ccc(C2CC(C(=O)N/N=C/c3c[nH]c4ccccc34)NN2)cc1. The third kappa shape index (κ3) is 4.47. The molecule has 0 spiro atoms. The number of hydrazine groups is 1. The average Bonchev–Trinajstić information content (AvgIpc) is 3.36. The number of hydrazone groups is 1. The van der Waals surface area contributed by atoms with E-state index >= 15 is 0 Å². The Bertz CT molecular complexity index is 1010. The molecular formula is C22H25N5O2. The maximum atomic E-state index is 12.4. The lowest BCUT2D eigenvalue weighted by Crippen LogP contribution is -2.41. The number of benzene rings is 2. The Kier molecular flexibility index (Phi) is 5.59. The van der Waals surface area contributed by atoms with Crippen LogP contribution in [0.1, 0.15) is 37.4 Å². The Balaban J connectivity index is 1.32. The van der Waals surface area contributed by atoms with Crippen molar-refractivity contribution in [3.05, 3.63) is 65.9 Å². The van der Waals surface area contributed by atoms with Crippen LogP contribution in [0, 0.1) is 0 Å². The predicted octanol–water partition coefficient (Wildman–Crippen LogP) is 3.01. The van der Waals surface area contributed by atoms with Gasteiger partial charge in [0, 0.05) is 28.7 Å². The first-order chi connectivity index (χ1) is 14.1. The molecule has 7 nitrogen and oxygen atoms in total. The molecule has 2 aromatic carbocycles. The standard InChI is InChI=1S/C22H25N5O2/c1-14(2)29-17-9-7-15(8-10-17)20-11-21(26-25-20)22(28)27-24-13-16-12-23-19-6-4-3-5-18(16)19/h3-10,12-14,20-21,23,25-26H,11H2,1-2H3,(H,27,28)/b24-13+. The van der Waals surface area contributed by atoms with Crippen molar-refractivity contribution in [2.75, 3.05) is 0 Å². The molecule has 2 atom stereocenters. The number of amides is 1. The van der Waals surface area contributed by atoms with Crippen LogP contribution in [0.2, 0.25) is 0 Å². The molecule has 4 rings (SSSR count). The van der Waals surface area contributed by atoms with Crippen molar-refractivity contribution >= 4 is 23.0 Å². The topological polar surface area (TPSA) is 90.5 Å². The van der Waals surface area contributed by atoms with Crippen molar-refractivity contribution in [2.45, 2.75) is 38.5 Å². The second kappa shape index (κ2) is 8.46. The number of carbonyl (C=O) groups excluding carboxylic acids is 1. The molecule has 0 saturated carbocycles. The zero-order chi connectivity index (χ0) is 20.2. The summed E-state index contributed by atoms with van der Waals surface area (Å²) < 4.78 is 5.67. The van der Waals surface area contributed by atoms with Crippen molar-refractivity contribution in [3.63, 3.8) is 0 Å². The highest BCUT2D eigenvalue weighted by molar-refractivity contribution is 5.99. The molecular weight excluding hydrogens is 366 g/mol. The number of fused-ring (bicyclic) bond motifs is 1. The lowest BCUT2D eigenvalue weighted by Gasteiger charge is -2.13. The van der Waals surface area contributed by atoms with Gasteiger partial charge in [0.15, 0.2) is 0 Å². The molecule has 150 valence electrons. The van der Waals surface area contributed by atoms with E-state index in [1.165, 1.54) is 0 Å². The van der Waals surface area contributed by atoms with Crippen LogP contribution in [-0.4, -0.2) is 29.3 Å². The minimum Gasteiger partial charge on any atom is -0.491 e. The Labute approximate surface area is 169 Å². The average molecular weight is 391 g/mol. The van der Waals surface area contributed by atoms with Gasteiger partial charge in [0.25, 0.3) is 5.91 Å². The number of aromatic amines is 1. The highest BCUT2D eigenvalue weighted by Crippen LogP contribution is 2.24. The largest absolute Gasteiger partial charge is 0.491 e. The van der Waals surface area contributed by atoms with E-state index in [1.54, 1.807) is 6.21 Å². The molecule has 4 N–H and O–H groups in total. The molecule has 7 heteroatoms. The van der Waals surface area contributed by atoms with Gasteiger partial charge in [-0.05, 0) is 44.0 Å². The van der Waals surface area contributed by atoms with Gasteiger partial charge in [-0.25, -0.2) is 16.3 Å². The van der Waals surface area contributed by atoms with Crippen LogP contribution in [-0.2, 0) is 4.79 Å². The van der Waals surface area contributed by atoms with Gasteiger partial charge >= 0.3 is 0 Å². The van der Waals surface area contributed by atoms with Crippen molar-refractivity contribution in [2.24, 2.45) is 5.10 Å². The molecule has 1 aliphatic heterocycles. The van der Waals surface area contributed by atoms with E-state index in [0.29, 0.717) is 6.42 Å². The summed E-state index contributed by atoms with van der Waals surface area (Å²) in [4.78, 5) is 15.6. The van der Waals surface area contributed by atoms with Crippen LogP contribution in [0.4, 0.5) is 0 Å². The van der Waals surface area contributed by atoms with Crippen LogP contribution < -0.4 is 21.0 Å². The number of aromatic nitrogens is 1. The summed E-state index contributed by atoms with van der Waals surface area (Å²) >= 11 is 0. The van der Waals surface area contributed by atoms with Gasteiger partial charge in [-0.3, -0.25) is 4.79 Å². The Morgan fingerprint density at radius 2 is 1.97 bits per heavy atom. The normalized spacial score (nSPS) is 19.3. The second-order valence-electron chi connectivity index (χ2n) is 7.39. The van der Waals surface area contributed by atoms with Gasteiger partial charge < -0.3 is 9.72 Å². The van der Waals surface area contributed by atoms with Crippen LogP contribution in [0.3, 0.4) is 0 Å². The molecule has 1 saturated heterocycles. The summed E-state index contributed by atoms with van der Waals surface area (Å²) in [5.41, 5.74) is 11.9. The molecule has 2 heterocycles. The minimum absolute atomic E-state index is 0.0523. The Morgan fingerprint density at radius 3 is 2.76 bits per heavy atom. The van der Waals surface area contributed by atoms with Crippen molar-refractivity contribution in [1.29, 1.82) is 0 Å². The fourth-order valence-electron chi connectivity index (χ4n) is 3.44. The number of nitrogens with one attached hydrogen (secondary N) is 4. The first-order valence-corrected chi connectivity index (χ1v) is 9.77. The predicted molar refractivity (Wildman–Crippen MR) is 114 cm³/mol. The number of nitrogens with zero attached hydrogens (tertiary/aromatic N) is 1. The van der Waals surface area contributed by atoms with Gasteiger partial charge in [0.2, 0.25) is 0 Å². The van der Waals surface area contributed by atoms with E-state index in [9.17, 15) is 4.79 Å². The summed E-state index contributed by atoms with van der Waals surface area (Å²) in [7, 11) is 0. The van der Waals surface area contributed by atoms with E-state index in [-0.39, 0.29) is 24.1 Å². The van der Waals surface area contributed by atoms with E-state index in [4.69, 9.17) is 4.74 Å². The first kappa shape index (κ1) is 19.2. The zero-order valence-corrected chi connectivity index (χ0v) is 16.5. The monoisotopic (exact) mass is 391 g/mol. The number of carbonyl (C=O) groups is 1. The molecule has 1 fully saturated rings. The third-order valence-electron chi connectivity index (χ3n) is 4.87. The van der Waals surface area contributed by atoms with Crippen molar-refractivity contribution < 1.29 is 9.53 Å². The van der Waals surface area contributed by atoms with Crippen molar-refractivity contribution in [3.8, 4) is 5.75 Å². The lowest BCUT2D eigenvalue weighted by molar-refractivity contribution is -0.122. The van der Waals surface area contributed by atoms with Gasteiger partial charge in [-0.1, -0.05) is 30.3 Å².